The van der Waals surface area contributed by atoms with E-state index in [1.54, 1.807) is 13.3 Å². The van der Waals surface area contributed by atoms with Crippen LogP contribution in [0.15, 0.2) is 23.5 Å². The number of anilines is 1. The Balaban J connectivity index is 1.85. The van der Waals surface area contributed by atoms with E-state index in [0.717, 1.165) is 37.5 Å². The molecule has 5 nitrogen and oxygen atoms in total. The number of ether oxygens (including phenoxy) is 1. The Hall–Kier alpha value is -1.62. The molecule has 2 heterocycles. The standard InChI is InChI=1S/C13H18N3O2/c1-11(17-2)18-15-12-6-9-16(10-7-12)13-5-3-4-8-14-13/h3,5,8,11H,6-7,9-10H2,1-2H3. The van der Waals surface area contributed by atoms with Crippen LogP contribution in [0.5, 0.6) is 0 Å². The molecule has 0 saturated carbocycles. The summed E-state index contributed by atoms with van der Waals surface area (Å²) >= 11 is 0. The van der Waals surface area contributed by atoms with Gasteiger partial charge in [-0.15, -0.1) is 0 Å². The molecule has 0 bridgehead atoms. The minimum absolute atomic E-state index is 0.290. The van der Waals surface area contributed by atoms with Gasteiger partial charge in [-0.1, -0.05) is 5.16 Å². The summed E-state index contributed by atoms with van der Waals surface area (Å²) in [5, 5.41) is 4.12. The zero-order valence-electron chi connectivity index (χ0n) is 10.8. The molecule has 1 unspecified atom stereocenters. The SMILES string of the molecule is COC(C)ON=C1CCN(c2cc[c]cn2)CC1. The fourth-order valence-corrected chi connectivity index (χ4v) is 1.78. The zero-order valence-corrected chi connectivity index (χ0v) is 10.8. The van der Waals surface area contributed by atoms with Crippen LogP contribution in [0.2, 0.25) is 0 Å². The van der Waals surface area contributed by atoms with E-state index >= 15 is 0 Å². The third-order valence-electron chi connectivity index (χ3n) is 2.93. The highest BCUT2D eigenvalue weighted by Crippen LogP contribution is 2.15. The van der Waals surface area contributed by atoms with Gasteiger partial charge in [0.1, 0.15) is 5.82 Å². The van der Waals surface area contributed by atoms with Crippen LogP contribution in [0.4, 0.5) is 5.82 Å². The molecule has 1 fully saturated rings. The van der Waals surface area contributed by atoms with Crippen molar-refractivity contribution in [2.45, 2.75) is 26.1 Å². The van der Waals surface area contributed by atoms with Crippen LogP contribution < -0.4 is 4.90 Å². The lowest BCUT2D eigenvalue weighted by Gasteiger charge is -2.28. The Kier molecular flexibility index (Phi) is 4.52. The molecule has 0 aromatic carbocycles. The molecule has 1 aromatic heterocycles. The van der Waals surface area contributed by atoms with Gasteiger partial charge in [-0.25, -0.2) is 4.98 Å². The van der Waals surface area contributed by atoms with Crippen LogP contribution in [0.3, 0.4) is 0 Å². The smallest absolute Gasteiger partial charge is 0.223 e. The van der Waals surface area contributed by atoms with Crippen LogP contribution in [0.25, 0.3) is 0 Å². The van der Waals surface area contributed by atoms with Crippen molar-refractivity contribution in [1.29, 1.82) is 0 Å². The maximum atomic E-state index is 5.20. The minimum atomic E-state index is -0.290. The largest absolute Gasteiger partial charge is 0.364 e. The highest BCUT2D eigenvalue weighted by molar-refractivity contribution is 5.86. The number of aromatic nitrogens is 1. The molecular weight excluding hydrogens is 230 g/mol. The van der Waals surface area contributed by atoms with E-state index in [1.165, 1.54) is 0 Å². The van der Waals surface area contributed by atoms with Gasteiger partial charge < -0.3 is 14.5 Å². The number of hydrogen-bond donors (Lipinski definition) is 0. The third kappa shape index (κ3) is 3.43. The number of pyridine rings is 1. The third-order valence-corrected chi connectivity index (χ3v) is 2.93. The fraction of sp³-hybridized carbons (Fsp3) is 0.538. The average molecular weight is 248 g/mol. The molecule has 97 valence electrons. The maximum absolute atomic E-state index is 5.20. The van der Waals surface area contributed by atoms with Gasteiger partial charge >= 0.3 is 0 Å². The van der Waals surface area contributed by atoms with Crippen molar-refractivity contribution in [1.82, 2.24) is 4.98 Å². The Morgan fingerprint density at radius 3 is 2.83 bits per heavy atom. The van der Waals surface area contributed by atoms with E-state index in [9.17, 15) is 0 Å². The van der Waals surface area contributed by atoms with Crippen LogP contribution >= 0.6 is 0 Å². The number of methoxy groups -OCH3 is 1. The summed E-state index contributed by atoms with van der Waals surface area (Å²) < 4.78 is 4.98. The van der Waals surface area contributed by atoms with Crippen molar-refractivity contribution in [2.75, 3.05) is 25.1 Å². The number of oxime groups is 1. The van der Waals surface area contributed by atoms with Crippen LogP contribution in [-0.2, 0) is 9.57 Å². The minimum Gasteiger partial charge on any atom is -0.364 e. The molecule has 0 spiro atoms. The molecule has 0 aliphatic carbocycles. The van der Waals surface area contributed by atoms with Crippen LogP contribution in [0.1, 0.15) is 19.8 Å². The van der Waals surface area contributed by atoms with Crippen molar-refractivity contribution < 1.29 is 9.57 Å². The Morgan fingerprint density at radius 1 is 1.44 bits per heavy atom. The molecular formula is C13H18N3O2. The highest BCUT2D eigenvalue weighted by atomic mass is 16.8. The van der Waals surface area contributed by atoms with Crippen molar-refractivity contribution in [3.8, 4) is 0 Å². The normalized spacial score (nSPS) is 17.4. The molecule has 1 aliphatic rings. The van der Waals surface area contributed by atoms with Crippen molar-refractivity contribution in [3.63, 3.8) is 0 Å². The summed E-state index contributed by atoms with van der Waals surface area (Å²) in [7, 11) is 1.60. The summed E-state index contributed by atoms with van der Waals surface area (Å²) in [4.78, 5) is 11.7. The fourth-order valence-electron chi connectivity index (χ4n) is 1.78. The second-order valence-electron chi connectivity index (χ2n) is 4.17. The van der Waals surface area contributed by atoms with E-state index < -0.39 is 0 Å². The molecule has 1 saturated heterocycles. The quantitative estimate of drug-likeness (QED) is 0.602. The number of nitrogens with zero attached hydrogens (tertiary/aromatic N) is 3. The molecule has 1 atom stereocenters. The van der Waals surface area contributed by atoms with Crippen LogP contribution in [-0.4, -0.2) is 37.2 Å². The van der Waals surface area contributed by atoms with E-state index in [1.807, 2.05) is 19.1 Å². The zero-order chi connectivity index (χ0) is 12.8. The number of piperidine rings is 1. The second kappa shape index (κ2) is 6.35. The Labute approximate surface area is 107 Å². The number of hydrogen-bond acceptors (Lipinski definition) is 5. The molecule has 1 radical (unpaired) electrons. The van der Waals surface area contributed by atoms with E-state index in [0.29, 0.717) is 0 Å². The topological polar surface area (TPSA) is 47.0 Å². The van der Waals surface area contributed by atoms with Gasteiger partial charge in [-0.2, -0.15) is 0 Å². The lowest BCUT2D eigenvalue weighted by molar-refractivity contribution is -0.110. The Morgan fingerprint density at radius 2 is 2.22 bits per heavy atom. The average Bonchev–Trinajstić information content (AvgIpc) is 2.46. The van der Waals surface area contributed by atoms with Crippen LogP contribution in [0, 0.1) is 6.07 Å². The first-order valence-corrected chi connectivity index (χ1v) is 6.11. The molecule has 0 N–H and O–H groups in total. The van der Waals surface area contributed by atoms with Gasteiger partial charge in [0.05, 0.1) is 5.71 Å². The number of rotatable bonds is 4. The predicted molar refractivity (Wildman–Crippen MR) is 69.5 cm³/mol. The first-order valence-electron chi connectivity index (χ1n) is 6.11. The first-order chi connectivity index (χ1) is 8.79. The van der Waals surface area contributed by atoms with Crippen molar-refractivity contribution >= 4 is 11.5 Å². The monoisotopic (exact) mass is 248 g/mol. The van der Waals surface area contributed by atoms with E-state index in [2.05, 4.69) is 21.1 Å². The molecule has 0 amide bonds. The van der Waals surface area contributed by atoms with Gasteiger partial charge in [-0.05, 0) is 12.1 Å². The van der Waals surface area contributed by atoms with E-state index in [-0.39, 0.29) is 6.29 Å². The van der Waals surface area contributed by atoms with Gasteiger partial charge in [-0.3, -0.25) is 0 Å². The molecule has 1 aromatic rings. The summed E-state index contributed by atoms with van der Waals surface area (Å²) in [6.07, 6.45) is 3.21. The summed E-state index contributed by atoms with van der Waals surface area (Å²) in [6.45, 7) is 3.66. The molecule has 1 aliphatic heterocycles. The summed E-state index contributed by atoms with van der Waals surface area (Å²) in [6, 6.07) is 6.79. The van der Waals surface area contributed by atoms with Crippen molar-refractivity contribution in [2.24, 2.45) is 5.16 Å². The lowest BCUT2D eigenvalue weighted by Crippen LogP contribution is -2.34. The summed E-state index contributed by atoms with van der Waals surface area (Å²) in [5.41, 5.74) is 1.08. The van der Waals surface area contributed by atoms with Gasteiger partial charge in [0.2, 0.25) is 6.29 Å². The highest BCUT2D eigenvalue weighted by Gasteiger charge is 2.16. The van der Waals surface area contributed by atoms with Gasteiger partial charge in [0.25, 0.3) is 0 Å². The molecule has 2 rings (SSSR count). The Bertz CT molecular complexity index is 384. The summed E-state index contributed by atoms with van der Waals surface area (Å²) in [5.74, 6) is 0.999. The van der Waals surface area contributed by atoms with E-state index in [4.69, 9.17) is 9.57 Å². The molecule has 18 heavy (non-hydrogen) atoms. The predicted octanol–water partition coefficient (Wildman–Crippen LogP) is 1.85. The second-order valence-corrected chi connectivity index (χ2v) is 4.17. The van der Waals surface area contributed by atoms with Gasteiger partial charge in [0.15, 0.2) is 0 Å². The van der Waals surface area contributed by atoms with Crippen molar-refractivity contribution in [3.05, 3.63) is 24.4 Å². The molecule has 5 heteroatoms. The first kappa shape index (κ1) is 12.8. The maximum Gasteiger partial charge on any atom is 0.223 e. The van der Waals surface area contributed by atoms with Gasteiger partial charge in [0, 0.05) is 52.2 Å². The lowest BCUT2D eigenvalue weighted by atomic mass is 10.1.